The molecule has 0 saturated heterocycles. The SMILES string of the molecule is C[CH]C=CC=CC(O)(C(F)(F)F)C(F)(F)F. The first-order valence-corrected chi connectivity index (χ1v) is 4.06. The zero-order valence-electron chi connectivity index (χ0n) is 8.10. The molecule has 0 amide bonds. The van der Waals surface area contributed by atoms with Gasteiger partial charge in [-0.15, -0.1) is 0 Å². The van der Waals surface area contributed by atoms with Crippen LogP contribution in [0.3, 0.4) is 0 Å². The van der Waals surface area contributed by atoms with Gasteiger partial charge in [0.15, 0.2) is 0 Å². The van der Waals surface area contributed by atoms with Gasteiger partial charge in [0.1, 0.15) is 0 Å². The molecule has 0 saturated carbocycles. The highest BCUT2D eigenvalue weighted by Gasteiger charge is 2.68. The number of halogens is 6. The predicted molar refractivity (Wildman–Crippen MR) is 45.3 cm³/mol. The highest BCUT2D eigenvalue weighted by Crippen LogP contribution is 2.43. The van der Waals surface area contributed by atoms with Crippen LogP contribution in [-0.4, -0.2) is 23.1 Å². The van der Waals surface area contributed by atoms with Crippen molar-refractivity contribution >= 4 is 0 Å². The van der Waals surface area contributed by atoms with Gasteiger partial charge in [0.05, 0.1) is 0 Å². The second kappa shape index (κ2) is 4.90. The topological polar surface area (TPSA) is 20.2 Å². The van der Waals surface area contributed by atoms with Crippen molar-refractivity contribution in [1.29, 1.82) is 0 Å². The molecule has 0 aliphatic heterocycles. The fraction of sp³-hybridized carbons (Fsp3) is 0.444. The van der Waals surface area contributed by atoms with E-state index in [1.807, 2.05) is 0 Å². The van der Waals surface area contributed by atoms with Crippen LogP contribution in [0.15, 0.2) is 24.3 Å². The molecular weight excluding hydrogens is 238 g/mol. The van der Waals surface area contributed by atoms with Crippen LogP contribution in [-0.2, 0) is 0 Å². The Morgan fingerprint density at radius 3 is 1.56 bits per heavy atom. The molecule has 0 heterocycles. The molecule has 0 rings (SSSR count). The monoisotopic (exact) mass is 247 g/mol. The zero-order valence-corrected chi connectivity index (χ0v) is 8.10. The lowest BCUT2D eigenvalue weighted by atomic mass is 10.0. The minimum absolute atomic E-state index is 0.340. The van der Waals surface area contributed by atoms with Crippen LogP contribution >= 0.6 is 0 Å². The molecule has 1 N–H and O–H groups in total. The van der Waals surface area contributed by atoms with Crippen molar-refractivity contribution in [3.63, 3.8) is 0 Å². The van der Waals surface area contributed by atoms with E-state index in [2.05, 4.69) is 0 Å². The summed E-state index contributed by atoms with van der Waals surface area (Å²) >= 11 is 0. The van der Waals surface area contributed by atoms with E-state index < -0.39 is 18.0 Å². The van der Waals surface area contributed by atoms with Crippen LogP contribution in [0, 0.1) is 6.42 Å². The number of hydrogen-bond acceptors (Lipinski definition) is 1. The molecule has 0 aliphatic rings. The lowest BCUT2D eigenvalue weighted by molar-refractivity contribution is -0.347. The van der Waals surface area contributed by atoms with E-state index in [1.54, 1.807) is 0 Å². The third-order valence-electron chi connectivity index (χ3n) is 1.62. The quantitative estimate of drug-likeness (QED) is 0.599. The third kappa shape index (κ3) is 3.26. The van der Waals surface area contributed by atoms with E-state index in [9.17, 15) is 26.3 Å². The Hall–Kier alpha value is -0.980. The molecule has 0 unspecified atom stereocenters. The van der Waals surface area contributed by atoms with Gasteiger partial charge in [-0.3, -0.25) is 0 Å². The number of aliphatic hydroxyl groups is 1. The van der Waals surface area contributed by atoms with Gasteiger partial charge in [-0.2, -0.15) is 26.3 Å². The van der Waals surface area contributed by atoms with Gasteiger partial charge in [0.2, 0.25) is 0 Å². The Labute approximate surface area is 88.1 Å². The predicted octanol–water partition coefficient (Wildman–Crippen LogP) is 3.18. The lowest BCUT2D eigenvalue weighted by Crippen LogP contribution is -2.55. The van der Waals surface area contributed by atoms with Crippen LogP contribution < -0.4 is 0 Å². The maximum absolute atomic E-state index is 12.1. The number of hydrogen-bond donors (Lipinski definition) is 1. The van der Waals surface area contributed by atoms with Crippen molar-refractivity contribution in [2.45, 2.75) is 24.9 Å². The minimum atomic E-state index is -5.81. The van der Waals surface area contributed by atoms with Gasteiger partial charge in [-0.1, -0.05) is 25.2 Å². The molecule has 0 bridgehead atoms. The average molecular weight is 247 g/mol. The first-order chi connectivity index (χ1) is 7.06. The molecule has 1 radical (unpaired) electrons. The normalized spacial score (nSPS) is 15.2. The van der Waals surface area contributed by atoms with Gasteiger partial charge in [-0.05, 0) is 12.5 Å². The second-order valence-corrected chi connectivity index (χ2v) is 2.84. The molecular formula is C9H9F6O. The van der Waals surface area contributed by atoms with Crippen molar-refractivity contribution in [2.24, 2.45) is 0 Å². The first-order valence-electron chi connectivity index (χ1n) is 4.06. The Kier molecular flexibility index (Phi) is 4.60. The summed E-state index contributed by atoms with van der Waals surface area (Å²) in [5, 5.41) is 8.60. The van der Waals surface area contributed by atoms with Crippen LogP contribution in [0.5, 0.6) is 0 Å². The maximum atomic E-state index is 12.1. The fourth-order valence-corrected chi connectivity index (χ4v) is 0.720. The number of allylic oxidation sites excluding steroid dienone is 3. The van der Waals surface area contributed by atoms with Crippen molar-refractivity contribution < 1.29 is 31.4 Å². The van der Waals surface area contributed by atoms with Crippen molar-refractivity contribution in [2.75, 3.05) is 0 Å². The summed E-state index contributed by atoms with van der Waals surface area (Å²) in [4.78, 5) is 0. The van der Waals surface area contributed by atoms with Crippen LogP contribution in [0.1, 0.15) is 6.92 Å². The van der Waals surface area contributed by atoms with Crippen molar-refractivity contribution in [3.05, 3.63) is 30.7 Å². The van der Waals surface area contributed by atoms with Gasteiger partial charge in [0, 0.05) is 0 Å². The Balaban J connectivity index is 5.13. The van der Waals surface area contributed by atoms with E-state index in [-0.39, 0.29) is 6.08 Å². The molecule has 0 fully saturated rings. The van der Waals surface area contributed by atoms with E-state index >= 15 is 0 Å². The number of alkyl halides is 6. The standard InChI is InChI=1S/C9H9F6O/c1-2-3-4-5-6-7(16,8(10,11)12)9(13,14)15/h2-6,16H,1H3. The second-order valence-electron chi connectivity index (χ2n) is 2.84. The van der Waals surface area contributed by atoms with Crippen molar-refractivity contribution in [1.82, 2.24) is 0 Å². The summed E-state index contributed by atoms with van der Waals surface area (Å²) < 4.78 is 72.3. The van der Waals surface area contributed by atoms with Gasteiger partial charge in [0.25, 0.3) is 5.60 Å². The van der Waals surface area contributed by atoms with Crippen LogP contribution in [0.4, 0.5) is 26.3 Å². The maximum Gasteiger partial charge on any atom is 0.430 e. The molecule has 0 aromatic rings. The first kappa shape index (κ1) is 15.0. The highest BCUT2D eigenvalue weighted by atomic mass is 19.4. The lowest BCUT2D eigenvalue weighted by Gasteiger charge is -2.29. The summed E-state index contributed by atoms with van der Waals surface area (Å²) in [6.07, 6.45) is -7.90. The summed E-state index contributed by atoms with van der Waals surface area (Å²) in [6.45, 7) is 1.53. The van der Waals surface area contributed by atoms with Crippen molar-refractivity contribution in [3.8, 4) is 0 Å². The third-order valence-corrected chi connectivity index (χ3v) is 1.62. The Bertz CT molecular complexity index is 259. The van der Waals surface area contributed by atoms with E-state index in [0.717, 1.165) is 6.08 Å². The Morgan fingerprint density at radius 1 is 0.812 bits per heavy atom. The molecule has 0 aromatic carbocycles. The smallest absolute Gasteiger partial charge is 0.370 e. The molecule has 93 valence electrons. The Morgan fingerprint density at radius 2 is 1.25 bits per heavy atom. The molecule has 0 spiro atoms. The summed E-state index contributed by atoms with van der Waals surface area (Å²) in [5.74, 6) is 0. The molecule has 0 aromatic heterocycles. The fourth-order valence-electron chi connectivity index (χ4n) is 0.720. The van der Waals surface area contributed by atoms with E-state index in [0.29, 0.717) is 6.08 Å². The van der Waals surface area contributed by atoms with E-state index in [4.69, 9.17) is 5.11 Å². The van der Waals surface area contributed by atoms with Gasteiger partial charge < -0.3 is 5.11 Å². The highest BCUT2D eigenvalue weighted by molar-refractivity contribution is 5.16. The molecule has 7 heteroatoms. The van der Waals surface area contributed by atoms with E-state index in [1.165, 1.54) is 19.4 Å². The number of rotatable bonds is 3. The summed E-state index contributed by atoms with van der Waals surface area (Å²) in [6, 6.07) is 0. The average Bonchev–Trinajstić information content (AvgIpc) is 2.08. The minimum Gasteiger partial charge on any atom is -0.370 e. The molecule has 0 atom stereocenters. The molecule has 0 aliphatic carbocycles. The summed E-state index contributed by atoms with van der Waals surface area (Å²) in [7, 11) is 0. The molecule has 1 nitrogen and oxygen atoms in total. The van der Waals surface area contributed by atoms with Crippen LogP contribution in [0.25, 0.3) is 0 Å². The van der Waals surface area contributed by atoms with Gasteiger partial charge >= 0.3 is 12.4 Å². The summed E-state index contributed by atoms with van der Waals surface area (Å²) in [5.41, 5.74) is -4.82. The zero-order chi connectivity index (χ0) is 13.0. The largest absolute Gasteiger partial charge is 0.430 e. The molecule has 16 heavy (non-hydrogen) atoms. The van der Waals surface area contributed by atoms with Gasteiger partial charge in [-0.25, -0.2) is 0 Å². The van der Waals surface area contributed by atoms with Crippen LogP contribution in [0.2, 0.25) is 0 Å².